The maximum absolute atomic E-state index is 11.9. The highest BCUT2D eigenvalue weighted by Gasteiger charge is 2.12. The summed E-state index contributed by atoms with van der Waals surface area (Å²) in [5.41, 5.74) is 5.87. The first-order valence-electron chi connectivity index (χ1n) is 6.51. The molecule has 0 aliphatic carbocycles. The van der Waals surface area contributed by atoms with E-state index in [1.807, 2.05) is 19.1 Å². The van der Waals surface area contributed by atoms with Crippen LogP contribution in [0.5, 0.6) is 5.75 Å². The summed E-state index contributed by atoms with van der Waals surface area (Å²) in [4.78, 5) is 26.9. The van der Waals surface area contributed by atoms with Crippen molar-refractivity contribution < 1.29 is 14.3 Å². The number of halogens is 1. The molecule has 2 rings (SSSR count). The maximum atomic E-state index is 11.9. The largest absolute Gasteiger partial charge is 0.484 e. The lowest BCUT2D eigenvalue weighted by Crippen LogP contribution is -2.20. The number of hydrogen-bond acceptors (Lipinski definition) is 6. The van der Waals surface area contributed by atoms with Crippen LogP contribution in [0.25, 0.3) is 0 Å². The number of thioether (sulfide) groups is 1. The number of ether oxygens (including phenoxy) is 1. The average Bonchev–Trinajstić information content (AvgIpc) is 2.84. The Balaban J connectivity index is 1.86. The number of primary amides is 1. The van der Waals surface area contributed by atoms with Crippen molar-refractivity contribution in [1.29, 1.82) is 0 Å². The van der Waals surface area contributed by atoms with Gasteiger partial charge in [0.2, 0.25) is 5.91 Å². The fourth-order valence-electron chi connectivity index (χ4n) is 1.54. The van der Waals surface area contributed by atoms with Crippen LogP contribution in [0.3, 0.4) is 0 Å². The quantitative estimate of drug-likeness (QED) is 0.677. The second-order valence-corrected chi connectivity index (χ2v) is 7.60. The van der Waals surface area contributed by atoms with E-state index in [0.29, 0.717) is 10.9 Å². The third-order valence-electron chi connectivity index (χ3n) is 2.53. The number of anilines is 1. The summed E-state index contributed by atoms with van der Waals surface area (Å²) in [6.07, 6.45) is 0. The molecule has 1 heterocycles. The van der Waals surface area contributed by atoms with E-state index in [-0.39, 0.29) is 18.3 Å². The van der Waals surface area contributed by atoms with Crippen molar-refractivity contribution in [2.45, 2.75) is 11.1 Å². The van der Waals surface area contributed by atoms with E-state index in [9.17, 15) is 9.59 Å². The molecule has 9 heteroatoms. The van der Waals surface area contributed by atoms with Gasteiger partial charge in [0, 0.05) is 4.47 Å². The van der Waals surface area contributed by atoms with Crippen LogP contribution in [0.2, 0.25) is 0 Å². The summed E-state index contributed by atoms with van der Waals surface area (Å²) in [7, 11) is 0. The lowest BCUT2D eigenvalue weighted by molar-refractivity contribution is -0.118. The van der Waals surface area contributed by atoms with E-state index in [0.717, 1.165) is 14.4 Å². The van der Waals surface area contributed by atoms with Crippen LogP contribution < -0.4 is 15.8 Å². The van der Waals surface area contributed by atoms with Gasteiger partial charge in [-0.2, -0.15) is 0 Å². The molecule has 0 saturated heterocycles. The molecule has 0 saturated carbocycles. The molecule has 0 radical (unpaired) electrons. The normalized spacial score (nSPS) is 10.3. The third kappa shape index (κ3) is 5.85. The standard InChI is InChI=1S/C14H14BrN3O3S2/c1-8-13(22-7-11(16)19)23-14(17-8)18-12(20)6-21-10-4-2-9(15)3-5-10/h2-5H,6-7H2,1H3,(H2,16,19)(H,17,18,20). The zero-order valence-corrected chi connectivity index (χ0v) is 15.4. The van der Waals surface area contributed by atoms with Crippen LogP contribution in [0, 0.1) is 6.92 Å². The summed E-state index contributed by atoms with van der Waals surface area (Å²) >= 11 is 5.94. The van der Waals surface area contributed by atoms with Crippen molar-refractivity contribution in [1.82, 2.24) is 4.98 Å². The summed E-state index contributed by atoms with van der Waals surface area (Å²) in [5, 5.41) is 3.15. The Labute approximate surface area is 149 Å². The molecule has 6 nitrogen and oxygen atoms in total. The molecule has 0 atom stereocenters. The molecule has 0 unspecified atom stereocenters. The van der Waals surface area contributed by atoms with Crippen molar-refractivity contribution in [2.75, 3.05) is 17.7 Å². The van der Waals surface area contributed by atoms with Crippen molar-refractivity contribution in [3.8, 4) is 5.75 Å². The van der Waals surface area contributed by atoms with Crippen molar-refractivity contribution in [3.05, 3.63) is 34.4 Å². The summed E-state index contributed by atoms with van der Waals surface area (Å²) < 4.78 is 7.18. The highest BCUT2D eigenvalue weighted by Crippen LogP contribution is 2.31. The van der Waals surface area contributed by atoms with Gasteiger partial charge in [-0.15, -0.1) is 11.8 Å². The van der Waals surface area contributed by atoms with Crippen LogP contribution in [0.15, 0.2) is 32.9 Å². The minimum absolute atomic E-state index is 0.107. The van der Waals surface area contributed by atoms with E-state index < -0.39 is 5.91 Å². The van der Waals surface area contributed by atoms with Gasteiger partial charge < -0.3 is 10.5 Å². The Bertz CT molecular complexity index is 704. The van der Waals surface area contributed by atoms with Gasteiger partial charge in [-0.3, -0.25) is 14.9 Å². The number of nitrogens with two attached hydrogens (primary N) is 1. The molecule has 0 aliphatic rings. The molecule has 2 amide bonds. The number of amides is 2. The Morgan fingerprint density at radius 3 is 2.74 bits per heavy atom. The van der Waals surface area contributed by atoms with E-state index >= 15 is 0 Å². The number of aromatic nitrogens is 1. The lowest BCUT2D eigenvalue weighted by atomic mass is 10.3. The summed E-state index contributed by atoms with van der Waals surface area (Å²) in [5.74, 6) is 0.101. The molecular weight excluding hydrogens is 402 g/mol. The van der Waals surface area contributed by atoms with Gasteiger partial charge >= 0.3 is 0 Å². The van der Waals surface area contributed by atoms with E-state index in [1.165, 1.54) is 23.1 Å². The smallest absolute Gasteiger partial charge is 0.264 e. The minimum atomic E-state index is -0.392. The van der Waals surface area contributed by atoms with Gasteiger partial charge in [0.05, 0.1) is 15.7 Å². The Hall–Kier alpha value is -1.58. The molecule has 0 spiro atoms. The molecular formula is C14H14BrN3O3S2. The second kappa shape index (κ2) is 8.32. The molecule has 0 bridgehead atoms. The predicted octanol–water partition coefficient (Wildman–Crippen LogP) is 2.81. The van der Waals surface area contributed by atoms with Crippen LogP contribution in [0.1, 0.15) is 5.69 Å². The first-order chi connectivity index (χ1) is 10.9. The van der Waals surface area contributed by atoms with E-state index in [2.05, 4.69) is 26.2 Å². The van der Waals surface area contributed by atoms with Crippen molar-refractivity contribution >= 4 is 56.0 Å². The highest BCUT2D eigenvalue weighted by atomic mass is 79.9. The first kappa shape index (κ1) is 17.8. The molecule has 2 aromatic rings. The van der Waals surface area contributed by atoms with E-state index in [1.54, 1.807) is 12.1 Å². The Morgan fingerprint density at radius 2 is 2.09 bits per heavy atom. The molecule has 23 heavy (non-hydrogen) atoms. The fraction of sp³-hybridized carbons (Fsp3) is 0.214. The molecule has 3 N–H and O–H groups in total. The van der Waals surface area contributed by atoms with Gasteiger partial charge in [-0.25, -0.2) is 4.98 Å². The van der Waals surface area contributed by atoms with Gasteiger partial charge in [0.1, 0.15) is 5.75 Å². The third-order valence-corrected chi connectivity index (χ3v) is 5.52. The summed E-state index contributed by atoms with van der Waals surface area (Å²) in [6.45, 7) is 1.71. The number of carbonyl (C=O) groups is 2. The van der Waals surface area contributed by atoms with Crippen LogP contribution >= 0.6 is 39.0 Å². The van der Waals surface area contributed by atoms with Gasteiger partial charge in [-0.1, -0.05) is 27.3 Å². The number of rotatable bonds is 7. The molecule has 1 aromatic carbocycles. The average molecular weight is 416 g/mol. The molecule has 0 fully saturated rings. The highest BCUT2D eigenvalue weighted by molar-refractivity contribution is 9.10. The number of nitrogens with zero attached hydrogens (tertiary/aromatic N) is 1. The Kier molecular flexibility index (Phi) is 6.43. The summed E-state index contributed by atoms with van der Waals surface area (Å²) in [6, 6.07) is 7.20. The number of aryl methyl sites for hydroxylation is 1. The molecule has 122 valence electrons. The first-order valence-corrected chi connectivity index (χ1v) is 9.10. The van der Waals surface area contributed by atoms with Crippen molar-refractivity contribution in [2.24, 2.45) is 5.73 Å². The number of benzene rings is 1. The van der Waals surface area contributed by atoms with Gasteiger partial charge in [0.25, 0.3) is 5.91 Å². The minimum Gasteiger partial charge on any atom is -0.484 e. The maximum Gasteiger partial charge on any atom is 0.264 e. The number of nitrogens with one attached hydrogen (secondary N) is 1. The number of hydrogen-bond donors (Lipinski definition) is 2. The van der Waals surface area contributed by atoms with Crippen LogP contribution in [-0.2, 0) is 9.59 Å². The van der Waals surface area contributed by atoms with Gasteiger partial charge in [0.15, 0.2) is 11.7 Å². The van der Waals surface area contributed by atoms with Crippen LogP contribution in [-0.4, -0.2) is 29.2 Å². The number of carbonyl (C=O) groups excluding carboxylic acids is 2. The topological polar surface area (TPSA) is 94.3 Å². The zero-order valence-electron chi connectivity index (χ0n) is 12.2. The van der Waals surface area contributed by atoms with E-state index in [4.69, 9.17) is 10.5 Å². The predicted molar refractivity (Wildman–Crippen MR) is 95.0 cm³/mol. The van der Waals surface area contributed by atoms with Crippen LogP contribution in [0.4, 0.5) is 5.13 Å². The second-order valence-electron chi connectivity index (χ2n) is 4.44. The molecule has 1 aromatic heterocycles. The fourth-order valence-corrected chi connectivity index (χ4v) is 3.70. The lowest BCUT2D eigenvalue weighted by Gasteiger charge is -2.05. The van der Waals surface area contributed by atoms with Crippen molar-refractivity contribution in [3.63, 3.8) is 0 Å². The monoisotopic (exact) mass is 415 g/mol. The number of thiazole rings is 1. The van der Waals surface area contributed by atoms with Gasteiger partial charge in [-0.05, 0) is 31.2 Å². The zero-order chi connectivity index (χ0) is 16.8. The SMILES string of the molecule is Cc1nc(NC(=O)COc2ccc(Br)cc2)sc1SCC(N)=O. The Morgan fingerprint density at radius 1 is 1.39 bits per heavy atom. The molecule has 0 aliphatic heterocycles.